The Hall–Kier alpha value is -1.16. The lowest BCUT2D eigenvalue weighted by molar-refractivity contribution is 0.0655. The lowest BCUT2D eigenvalue weighted by atomic mass is 10.1. The van der Waals surface area contributed by atoms with Crippen molar-refractivity contribution in [3.63, 3.8) is 0 Å². The van der Waals surface area contributed by atoms with Gasteiger partial charge in [0.25, 0.3) is 0 Å². The second-order valence-electron chi connectivity index (χ2n) is 6.81. The molecule has 0 saturated heterocycles. The molecule has 1 heterocycles. The van der Waals surface area contributed by atoms with Crippen LogP contribution in [0.25, 0.3) is 0 Å². The first-order chi connectivity index (χ1) is 12.4. The van der Waals surface area contributed by atoms with Gasteiger partial charge < -0.3 is 20.6 Å². The molecule has 0 spiro atoms. The molecule has 0 amide bonds. The van der Waals surface area contributed by atoms with E-state index in [0.717, 1.165) is 18.0 Å². The molecule has 0 aliphatic rings. The number of nitrogens with one attached hydrogen (secondary N) is 2. The lowest BCUT2D eigenvalue weighted by Crippen LogP contribution is -2.44. The molecule has 0 saturated carbocycles. The monoisotopic (exact) mass is 502 g/mol. The Bertz CT molecular complexity index is 702. The number of rotatable bonds is 8. The number of aliphatic hydroxyl groups is 1. The zero-order chi connectivity index (χ0) is 19.0. The van der Waals surface area contributed by atoms with Crippen LogP contribution in [0.4, 0.5) is 0 Å². The number of guanidine groups is 1. The molecule has 150 valence electrons. The number of hydrogen-bond donors (Lipinski definition) is 3. The van der Waals surface area contributed by atoms with E-state index in [-0.39, 0.29) is 24.0 Å². The molecule has 1 aromatic carbocycles. The minimum absolute atomic E-state index is 0. The fraction of sp³-hybridized carbons (Fsp3) is 0.450. The van der Waals surface area contributed by atoms with E-state index in [4.69, 9.17) is 4.99 Å². The van der Waals surface area contributed by atoms with Gasteiger partial charge in [0.15, 0.2) is 5.96 Å². The number of hydrogen-bond acceptors (Lipinski definition) is 4. The summed E-state index contributed by atoms with van der Waals surface area (Å²) in [5.74, 6) is 0.712. The Labute approximate surface area is 183 Å². The summed E-state index contributed by atoms with van der Waals surface area (Å²) in [5, 5.41) is 19.2. The highest BCUT2D eigenvalue weighted by Crippen LogP contribution is 2.24. The van der Waals surface area contributed by atoms with Gasteiger partial charge in [-0.15, -0.1) is 35.3 Å². The van der Waals surface area contributed by atoms with Crippen LogP contribution in [-0.4, -0.2) is 43.2 Å². The highest BCUT2D eigenvalue weighted by Gasteiger charge is 2.24. The first-order valence-electron chi connectivity index (χ1n) is 8.92. The fourth-order valence-corrected chi connectivity index (χ4v) is 3.43. The zero-order valence-electron chi connectivity index (χ0n) is 16.5. The maximum absolute atomic E-state index is 10.7. The second-order valence-corrected chi connectivity index (χ2v) is 7.75. The van der Waals surface area contributed by atoms with E-state index >= 15 is 0 Å². The van der Waals surface area contributed by atoms with Crippen LogP contribution in [0.3, 0.4) is 0 Å². The molecule has 2 aromatic rings. The van der Waals surface area contributed by atoms with Crippen molar-refractivity contribution in [1.29, 1.82) is 0 Å². The van der Waals surface area contributed by atoms with Gasteiger partial charge in [-0.2, -0.15) is 0 Å². The normalized spacial score (nSPS) is 13.8. The largest absolute Gasteiger partial charge is 0.383 e. The molecule has 1 atom stereocenters. The summed E-state index contributed by atoms with van der Waals surface area (Å²) in [6.45, 7) is 6.52. The quantitative estimate of drug-likeness (QED) is 0.294. The number of halogens is 1. The third-order valence-electron chi connectivity index (χ3n) is 4.01. The van der Waals surface area contributed by atoms with Crippen molar-refractivity contribution >= 4 is 41.3 Å². The van der Waals surface area contributed by atoms with E-state index in [1.54, 1.807) is 11.3 Å². The van der Waals surface area contributed by atoms with Gasteiger partial charge in [0, 0.05) is 18.0 Å². The predicted octanol–water partition coefficient (Wildman–Crippen LogP) is 3.39. The molecule has 5 nitrogen and oxygen atoms in total. The van der Waals surface area contributed by atoms with Crippen LogP contribution in [0.5, 0.6) is 0 Å². The van der Waals surface area contributed by atoms with Crippen LogP contribution >= 0.6 is 35.3 Å². The van der Waals surface area contributed by atoms with Crippen molar-refractivity contribution in [3.05, 3.63) is 57.8 Å². The van der Waals surface area contributed by atoms with Gasteiger partial charge >= 0.3 is 0 Å². The molecular weight excluding hydrogens is 471 g/mol. The average molecular weight is 502 g/mol. The summed E-state index contributed by atoms with van der Waals surface area (Å²) in [5.41, 5.74) is 1.57. The molecule has 1 aromatic heterocycles. The molecule has 7 heteroatoms. The topological polar surface area (TPSA) is 59.9 Å². The molecule has 0 radical (unpaired) electrons. The summed E-state index contributed by atoms with van der Waals surface area (Å²) < 4.78 is 0. The van der Waals surface area contributed by atoms with E-state index < -0.39 is 5.60 Å². The first kappa shape index (κ1) is 23.9. The summed E-state index contributed by atoms with van der Waals surface area (Å²) >= 11 is 1.56. The highest BCUT2D eigenvalue weighted by atomic mass is 127. The first-order valence-corrected chi connectivity index (χ1v) is 9.80. The Morgan fingerprint density at radius 3 is 2.44 bits per heavy atom. The van der Waals surface area contributed by atoms with Crippen molar-refractivity contribution in [2.45, 2.75) is 32.5 Å². The van der Waals surface area contributed by atoms with E-state index in [2.05, 4.69) is 47.8 Å². The van der Waals surface area contributed by atoms with Crippen LogP contribution in [0.2, 0.25) is 0 Å². The van der Waals surface area contributed by atoms with Gasteiger partial charge in [-0.1, -0.05) is 30.3 Å². The smallest absolute Gasteiger partial charge is 0.191 e. The minimum Gasteiger partial charge on any atom is -0.383 e. The number of thiophene rings is 1. The van der Waals surface area contributed by atoms with Gasteiger partial charge in [0.2, 0.25) is 0 Å². The van der Waals surface area contributed by atoms with Crippen molar-refractivity contribution in [2.24, 2.45) is 4.99 Å². The SMILES string of the molecule is CCNC(=NCc1ccccc1CN(C)C)NCC(C)(O)c1cccs1.I. The Morgan fingerprint density at radius 2 is 1.85 bits per heavy atom. The summed E-state index contributed by atoms with van der Waals surface area (Å²) in [7, 11) is 4.14. The van der Waals surface area contributed by atoms with Gasteiger partial charge in [-0.25, -0.2) is 4.99 Å². The molecule has 27 heavy (non-hydrogen) atoms. The molecule has 0 fully saturated rings. The second kappa shape index (κ2) is 11.6. The third kappa shape index (κ3) is 7.77. The van der Waals surface area contributed by atoms with Crippen LogP contribution in [-0.2, 0) is 18.7 Å². The van der Waals surface area contributed by atoms with Gasteiger partial charge in [0.1, 0.15) is 5.60 Å². The van der Waals surface area contributed by atoms with Crippen LogP contribution in [0, 0.1) is 0 Å². The third-order valence-corrected chi connectivity index (χ3v) is 5.13. The zero-order valence-corrected chi connectivity index (χ0v) is 19.7. The van der Waals surface area contributed by atoms with E-state index in [1.807, 2.05) is 37.4 Å². The van der Waals surface area contributed by atoms with Crippen molar-refractivity contribution in [1.82, 2.24) is 15.5 Å². The van der Waals surface area contributed by atoms with Crippen LogP contribution in [0.1, 0.15) is 29.9 Å². The average Bonchev–Trinajstić information content (AvgIpc) is 3.13. The molecule has 3 N–H and O–H groups in total. The maximum Gasteiger partial charge on any atom is 0.191 e. The van der Waals surface area contributed by atoms with E-state index in [0.29, 0.717) is 19.0 Å². The van der Waals surface area contributed by atoms with Gasteiger partial charge in [-0.05, 0) is 50.5 Å². The minimum atomic E-state index is -0.923. The van der Waals surface area contributed by atoms with Gasteiger partial charge in [0.05, 0.1) is 13.1 Å². The fourth-order valence-electron chi connectivity index (χ4n) is 2.64. The Morgan fingerprint density at radius 1 is 1.15 bits per heavy atom. The molecular formula is C20H31IN4OS. The van der Waals surface area contributed by atoms with Crippen LogP contribution < -0.4 is 10.6 Å². The maximum atomic E-state index is 10.7. The molecule has 0 aliphatic carbocycles. The number of aliphatic imine (C=N–C) groups is 1. The lowest BCUT2D eigenvalue weighted by Gasteiger charge is -2.23. The molecule has 1 unspecified atom stereocenters. The Balaban J connectivity index is 0.00000364. The predicted molar refractivity (Wildman–Crippen MR) is 126 cm³/mol. The van der Waals surface area contributed by atoms with Gasteiger partial charge in [-0.3, -0.25) is 0 Å². The van der Waals surface area contributed by atoms with E-state index in [9.17, 15) is 5.11 Å². The summed E-state index contributed by atoms with van der Waals surface area (Å²) in [6, 6.07) is 12.3. The standard InChI is InChI=1S/C20H30N4OS.HI/c1-5-21-19(23-15-20(2,25)18-11-8-12-26-18)22-13-16-9-6-7-10-17(16)14-24(3)4;/h6-12,25H,5,13-15H2,1-4H3,(H2,21,22,23);1H. The van der Waals surface area contributed by atoms with E-state index in [1.165, 1.54) is 11.1 Å². The van der Waals surface area contributed by atoms with Crippen molar-refractivity contribution in [2.75, 3.05) is 27.2 Å². The summed E-state index contributed by atoms with van der Waals surface area (Å²) in [6.07, 6.45) is 0. The molecule has 2 rings (SSSR count). The van der Waals surface area contributed by atoms with Crippen LogP contribution in [0.15, 0.2) is 46.8 Å². The molecule has 0 aliphatic heterocycles. The molecule has 0 bridgehead atoms. The highest BCUT2D eigenvalue weighted by molar-refractivity contribution is 14.0. The number of benzene rings is 1. The Kier molecular flexibility index (Phi) is 10.3. The van der Waals surface area contributed by atoms with Crippen molar-refractivity contribution < 1.29 is 5.11 Å². The summed E-state index contributed by atoms with van der Waals surface area (Å²) in [4.78, 5) is 7.80. The van der Waals surface area contributed by atoms with Crippen molar-refractivity contribution in [3.8, 4) is 0 Å². The number of nitrogens with zero attached hydrogens (tertiary/aromatic N) is 2.